The minimum absolute atomic E-state index is 0.123. The van der Waals surface area contributed by atoms with E-state index in [2.05, 4.69) is 32.2 Å². The van der Waals surface area contributed by atoms with Crippen molar-refractivity contribution in [3.63, 3.8) is 0 Å². The van der Waals surface area contributed by atoms with Crippen LogP contribution in [0, 0.1) is 0 Å². The van der Waals surface area contributed by atoms with Gasteiger partial charge in [0.2, 0.25) is 0 Å². The summed E-state index contributed by atoms with van der Waals surface area (Å²) in [6, 6.07) is 8.12. The molecule has 0 fully saturated rings. The number of aliphatic hydroxyl groups excluding tert-OH is 1. The molecular formula is C11H16OS. The molecule has 1 aromatic rings. The van der Waals surface area contributed by atoms with Crippen LogP contribution in [-0.2, 0) is 11.4 Å². The predicted octanol–water partition coefficient (Wildman–Crippen LogP) is 2.78. The van der Waals surface area contributed by atoms with Crippen molar-refractivity contribution in [3.8, 4) is 0 Å². The summed E-state index contributed by atoms with van der Waals surface area (Å²) in [5, 5.41) is 8.99. The molecule has 1 rings (SSSR count). The van der Waals surface area contributed by atoms with E-state index in [1.54, 1.807) is 0 Å². The maximum absolute atomic E-state index is 8.99. The SMILES string of the molecule is CSC(C)(C)c1cccc(CO)c1. The fraction of sp³-hybridized carbons (Fsp3) is 0.455. The molecule has 0 spiro atoms. The Hall–Kier alpha value is -0.470. The second-order valence-corrected chi connectivity index (χ2v) is 5.00. The molecule has 1 N–H and O–H groups in total. The molecule has 0 radical (unpaired) electrons. The van der Waals surface area contributed by atoms with Crippen LogP contribution in [0.25, 0.3) is 0 Å². The van der Waals surface area contributed by atoms with Gasteiger partial charge in [0.15, 0.2) is 0 Å². The molecule has 0 saturated heterocycles. The van der Waals surface area contributed by atoms with Gasteiger partial charge < -0.3 is 5.11 Å². The molecule has 0 heterocycles. The lowest BCUT2D eigenvalue weighted by molar-refractivity contribution is 0.281. The second-order valence-electron chi connectivity index (χ2n) is 3.57. The molecule has 13 heavy (non-hydrogen) atoms. The fourth-order valence-corrected chi connectivity index (χ4v) is 1.52. The first-order valence-electron chi connectivity index (χ1n) is 4.35. The van der Waals surface area contributed by atoms with E-state index in [-0.39, 0.29) is 11.4 Å². The minimum atomic E-state index is 0.123. The lowest BCUT2D eigenvalue weighted by Crippen LogP contribution is -2.11. The van der Waals surface area contributed by atoms with E-state index in [0.717, 1.165) is 5.56 Å². The third kappa shape index (κ3) is 2.48. The van der Waals surface area contributed by atoms with Crippen molar-refractivity contribution in [2.75, 3.05) is 6.26 Å². The van der Waals surface area contributed by atoms with Crippen molar-refractivity contribution in [2.24, 2.45) is 0 Å². The van der Waals surface area contributed by atoms with Crippen molar-refractivity contribution in [1.82, 2.24) is 0 Å². The Morgan fingerprint density at radius 1 is 1.38 bits per heavy atom. The summed E-state index contributed by atoms with van der Waals surface area (Å²) in [5.74, 6) is 0. The van der Waals surface area contributed by atoms with Gasteiger partial charge in [-0.15, -0.1) is 0 Å². The van der Waals surface area contributed by atoms with Crippen molar-refractivity contribution < 1.29 is 5.11 Å². The number of thioether (sulfide) groups is 1. The first kappa shape index (κ1) is 10.6. The summed E-state index contributed by atoms with van der Waals surface area (Å²) in [6.45, 7) is 4.50. The van der Waals surface area contributed by atoms with Gasteiger partial charge in [-0.25, -0.2) is 0 Å². The smallest absolute Gasteiger partial charge is 0.0681 e. The van der Waals surface area contributed by atoms with Crippen LogP contribution in [0.15, 0.2) is 24.3 Å². The quantitative estimate of drug-likeness (QED) is 0.802. The maximum atomic E-state index is 8.99. The zero-order valence-corrected chi connectivity index (χ0v) is 9.19. The maximum Gasteiger partial charge on any atom is 0.0681 e. The molecule has 1 aromatic carbocycles. The molecule has 0 unspecified atom stereocenters. The van der Waals surface area contributed by atoms with Crippen molar-refractivity contribution in [2.45, 2.75) is 25.2 Å². The van der Waals surface area contributed by atoms with E-state index in [4.69, 9.17) is 5.11 Å². The topological polar surface area (TPSA) is 20.2 Å². The largest absolute Gasteiger partial charge is 0.392 e. The summed E-state index contributed by atoms with van der Waals surface area (Å²) in [5.41, 5.74) is 2.26. The molecule has 1 nitrogen and oxygen atoms in total. The first-order chi connectivity index (χ1) is 6.10. The Morgan fingerprint density at radius 2 is 2.08 bits per heavy atom. The number of rotatable bonds is 3. The average Bonchev–Trinajstić information content (AvgIpc) is 2.18. The molecule has 72 valence electrons. The van der Waals surface area contributed by atoms with Crippen LogP contribution in [0.3, 0.4) is 0 Å². The summed E-state index contributed by atoms with van der Waals surface area (Å²) in [7, 11) is 0. The highest BCUT2D eigenvalue weighted by molar-refractivity contribution is 7.99. The van der Waals surface area contributed by atoms with Gasteiger partial charge in [0.1, 0.15) is 0 Å². The number of hydrogen-bond acceptors (Lipinski definition) is 2. The highest BCUT2D eigenvalue weighted by atomic mass is 32.2. The third-order valence-corrected chi connectivity index (χ3v) is 3.57. The molecule has 0 aliphatic carbocycles. The lowest BCUT2D eigenvalue weighted by atomic mass is 10.0. The van der Waals surface area contributed by atoms with Gasteiger partial charge in [-0.3, -0.25) is 0 Å². The summed E-state index contributed by atoms with van der Waals surface area (Å²) < 4.78 is 0.130. The lowest BCUT2D eigenvalue weighted by Gasteiger charge is -2.22. The van der Waals surface area contributed by atoms with E-state index >= 15 is 0 Å². The molecule has 0 aliphatic rings. The van der Waals surface area contributed by atoms with Crippen LogP contribution in [-0.4, -0.2) is 11.4 Å². The van der Waals surface area contributed by atoms with Gasteiger partial charge in [0.05, 0.1) is 6.61 Å². The highest BCUT2D eigenvalue weighted by Gasteiger charge is 2.18. The predicted molar refractivity (Wildman–Crippen MR) is 58.9 cm³/mol. The molecule has 0 saturated carbocycles. The van der Waals surface area contributed by atoms with E-state index < -0.39 is 0 Å². The van der Waals surface area contributed by atoms with Crippen LogP contribution in [0.4, 0.5) is 0 Å². The van der Waals surface area contributed by atoms with Crippen molar-refractivity contribution >= 4 is 11.8 Å². The molecule has 0 atom stereocenters. The van der Waals surface area contributed by atoms with E-state index in [0.29, 0.717) is 0 Å². The molecule has 0 amide bonds. The van der Waals surface area contributed by atoms with Crippen LogP contribution >= 0.6 is 11.8 Å². The number of aliphatic hydroxyl groups is 1. The third-order valence-electron chi connectivity index (χ3n) is 2.32. The summed E-state index contributed by atoms with van der Waals surface area (Å²) in [4.78, 5) is 0. The van der Waals surface area contributed by atoms with Crippen LogP contribution in [0.5, 0.6) is 0 Å². The van der Waals surface area contributed by atoms with E-state index in [1.165, 1.54) is 5.56 Å². The second kappa shape index (κ2) is 4.16. The van der Waals surface area contributed by atoms with E-state index in [1.807, 2.05) is 23.9 Å². The molecule has 2 heteroatoms. The molecular weight excluding hydrogens is 180 g/mol. The molecule has 0 bridgehead atoms. The van der Waals surface area contributed by atoms with Crippen LogP contribution in [0.2, 0.25) is 0 Å². The Labute approximate surface area is 84.2 Å². The van der Waals surface area contributed by atoms with Gasteiger partial charge in [0.25, 0.3) is 0 Å². The van der Waals surface area contributed by atoms with Gasteiger partial charge in [-0.05, 0) is 31.2 Å². The van der Waals surface area contributed by atoms with Gasteiger partial charge in [-0.2, -0.15) is 11.8 Å². The average molecular weight is 196 g/mol. The first-order valence-corrected chi connectivity index (χ1v) is 5.58. The minimum Gasteiger partial charge on any atom is -0.392 e. The highest BCUT2D eigenvalue weighted by Crippen LogP contribution is 2.33. The monoisotopic (exact) mass is 196 g/mol. The Morgan fingerprint density at radius 3 is 2.62 bits per heavy atom. The summed E-state index contributed by atoms with van der Waals surface area (Å²) in [6.07, 6.45) is 2.10. The zero-order valence-electron chi connectivity index (χ0n) is 8.37. The van der Waals surface area contributed by atoms with Crippen LogP contribution in [0.1, 0.15) is 25.0 Å². The number of benzene rings is 1. The summed E-state index contributed by atoms with van der Waals surface area (Å²) >= 11 is 1.82. The standard InChI is InChI=1S/C11H16OS/c1-11(2,13-3)10-6-4-5-9(7-10)8-12/h4-7,12H,8H2,1-3H3. The van der Waals surface area contributed by atoms with Gasteiger partial charge in [-0.1, -0.05) is 24.3 Å². The Balaban J connectivity index is 3.01. The van der Waals surface area contributed by atoms with Crippen LogP contribution < -0.4 is 0 Å². The van der Waals surface area contributed by atoms with E-state index in [9.17, 15) is 0 Å². The Kier molecular flexibility index (Phi) is 3.40. The molecule has 0 aromatic heterocycles. The molecule has 0 aliphatic heterocycles. The van der Waals surface area contributed by atoms with Gasteiger partial charge >= 0.3 is 0 Å². The van der Waals surface area contributed by atoms with Crippen molar-refractivity contribution in [1.29, 1.82) is 0 Å². The number of hydrogen-bond donors (Lipinski definition) is 1. The zero-order chi connectivity index (χ0) is 9.90. The van der Waals surface area contributed by atoms with Crippen molar-refractivity contribution in [3.05, 3.63) is 35.4 Å². The Bertz CT molecular complexity index is 281. The van der Waals surface area contributed by atoms with Gasteiger partial charge in [0, 0.05) is 4.75 Å². The fourth-order valence-electron chi connectivity index (χ4n) is 1.16. The normalized spacial score (nSPS) is 11.7.